The molecule has 0 unspecified atom stereocenters. The van der Waals surface area contributed by atoms with Crippen molar-refractivity contribution in [2.75, 3.05) is 24.3 Å². The van der Waals surface area contributed by atoms with E-state index in [1.165, 1.54) is 12.1 Å². The Kier molecular flexibility index (Phi) is 4.99. The molecular formula is C14H15F2N5O2. The molecule has 2 aromatic rings. The number of nitrogens with one attached hydrogen (secondary N) is 1. The highest BCUT2D eigenvalue weighted by molar-refractivity contribution is 6.05. The molecule has 0 atom stereocenters. The summed E-state index contributed by atoms with van der Waals surface area (Å²) in [5.74, 6) is -0.210. The maximum atomic E-state index is 12.2. The second-order valence-electron chi connectivity index (χ2n) is 4.84. The van der Waals surface area contributed by atoms with Gasteiger partial charge in [0.2, 0.25) is 5.88 Å². The van der Waals surface area contributed by atoms with Gasteiger partial charge < -0.3 is 15.0 Å². The van der Waals surface area contributed by atoms with Gasteiger partial charge in [-0.05, 0) is 19.1 Å². The van der Waals surface area contributed by atoms with Crippen molar-refractivity contribution in [2.45, 2.75) is 13.5 Å². The van der Waals surface area contributed by atoms with E-state index in [4.69, 9.17) is 0 Å². The van der Waals surface area contributed by atoms with E-state index in [-0.39, 0.29) is 11.4 Å². The maximum Gasteiger partial charge on any atom is 0.388 e. The maximum absolute atomic E-state index is 12.2. The number of anilines is 2. The Hall–Kier alpha value is -2.84. The highest BCUT2D eigenvalue weighted by Gasteiger charge is 2.14. The van der Waals surface area contributed by atoms with Gasteiger partial charge in [0.05, 0.1) is 16.9 Å². The summed E-state index contributed by atoms with van der Waals surface area (Å²) in [6.07, 6.45) is 1.16. The molecule has 0 saturated heterocycles. The third-order valence-electron chi connectivity index (χ3n) is 2.78. The van der Waals surface area contributed by atoms with Gasteiger partial charge in [0, 0.05) is 26.4 Å². The van der Waals surface area contributed by atoms with E-state index in [9.17, 15) is 13.6 Å². The van der Waals surface area contributed by atoms with Gasteiger partial charge in [-0.3, -0.25) is 4.79 Å². The number of aryl methyl sites for hydroxylation is 1. The third kappa shape index (κ3) is 4.31. The normalized spacial score (nSPS) is 10.5. The van der Waals surface area contributed by atoms with E-state index in [1.807, 2.05) is 0 Å². The predicted octanol–water partition coefficient (Wildman–Crippen LogP) is 2.10. The lowest BCUT2D eigenvalue weighted by molar-refractivity contribution is -0.0528. The molecule has 2 rings (SSSR count). The Bertz CT molecular complexity index is 692. The fourth-order valence-corrected chi connectivity index (χ4v) is 1.77. The van der Waals surface area contributed by atoms with Crippen molar-refractivity contribution in [2.24, 2.45) is 0 Å². The minimum Gasteiger partial charge on any atom is -0.417 e. The Labute approximate surface area is 131 Å². The van der Waals surface area contributed by atoms with E-state index in [0.29, 0.717) is 17.2 Å². The van der Waals surface area contributed by atoms with Crippen molar-refractivity contribution in [1.29, 1.82) is 0 Å². The monoisotopic (exact) mass is 323 g/mol. The Morgan fingerprint density at radius 3 is 2.61 bits per heavy atom. The molecule has 7 nitrogen and oxygen atoms in total. The van der Waals surface area contributed by atoms with Gasteiger partial charge in [-0.2, -0.15) is 13.9 Å². The largest absolute Gasteiger partial charge is 0.417 e. The van der Waals surface area contributed by atoms with Gasteiger partial charge in [0.15, 0.2) is 5.82 Å². The van der Waals surface area contributed by atoms with Crippen LogP contribution < -0.4 is 15.0 Å². The zero-order chi connectivity index (χ0) is 17.0. The summed E-state index contributed by atoms with van der Waals surface area (Å²) < 4.78 is 28.3. The summed E-state index contributed by atoms with van der Waals surface area (Å²) in [6.45, 7) is -1.21. The minimum atomic E-state index is -2.96. The molecule has 0 saturated carbocycles. The van der Waals surface area contributed by atoms with Crippen LogP contribution in [0.1, 0.15) is 16.1 Å². The SMILES string of the molecule is Cc1cc(NC(=O)c2ccc(OC(F)F)nc2)c(N(C)C)nn1. The van der Waals surface area contributed by atoms with Gasteiger partial charge in [-0.1, -0.05) is 0 Å². The summed E-state index contributed by atoms with van der Waals surface area (Å²) in [7, 11) is 3.54. The first-order chi connectivity index (χ1) is 10.9. The molecule has 0 spiro atoms. The second kappa shape index (κ2) is 6.95. The van der Waals surface area contributed by atoms with E-state index in [0.717, 1.165) is 6.20 Å². The molecule has 2 aromatic heterocycles. The van der Waals surface area contributed by atoms with Gasteiger partial charge in [0.1, 0.15) is 0 Å². The first kappa shape index (κ1) is 16.5. The number of pyridine rings is 1. The standard InChI is InChI=1S/C14H15F2N5O2/c1-8-6-10(12(20-19-8)21(2)3)18-13(22)9-4-5-11(17-7-9)23-14(15)16/h4-7,14H,1-3H3,(H,18,19,22). The summed E-state index contributed by atoms with van der Waals surface area (Å²) in [5, 5.41) is 10.6. The lowest BCUT2D eigenvalue weighted by atomic mass is 10.2. The molecule has 1 amide bonds. The van der Waals surface area contributed by atoms with Gasteiger partial charge >= 0.3 is 6.61 Å². The molecule has 0 aliphatic carbocycles. The van der Waals surface area contributed by atoms with Crippen LogP contribution in [0.3, 0.4) is 0 Å². The van der Waals surface area contributed by atoms with Gasteiger partial charge in [-0.25, -0.2) is 4.98 Å². The van der Waals surface area contributed by atoms with Crippen molar-refractivity contribution in [3.8, 4) is 5.88 Å². The number of aromatic nitrogens is 3. The summed E-state index contributed by atoms with van der Waals surface area (Å²) >= 11 is 0. The average Bonchev–Trinajstić information content (AvgIpc) is 2.47. The van der Waals surface area contributed by atoms with Crippen LogP contribution in [-0.4, -0.2) is 41.8 Å². The molecule has 0 aromatic carbocycles. The molecule has 0 fully saturated rings. The number of carbonyl (C=O) groups is 1. The van der Waals surface area contributed by atoms with Crippen molar-refractivity contribution >= 4 is 17.4 Å². The zero-order valence-corrected chi connectivity index (χ0v) is 12.7. The molecular weight excluding hydrogens is 308 g/mol. The molecule has 9 heteroatoms. The number of rotatable bonds is 5. The van der Waals surface area contributed by atoms with Gasteiger partial charge in [-0.15, -0.1) is 5.10 Å². The smallest absolute Gasteiger partial charge is 0.388 e. The van der Waals surface area contributed by atoms with Gasteiger partial charge in [0.25, 0.3) is 5.91 Å². The Morgan fingerprint density at radius 1 is 1.30 bits per heavy atom. The molecule has 0 aliphatic rings. The Morgan fingerprint density at radius 2 is 2.04 bits per heavy atom. The van der Waals surface area contributed by atoms with Crippen molar-refractivity contribution in [3.05, 3.63) is 35.7 Å². The molecule has 23 heavy (non-hydrogen) atoms. The quantitative estimate of drug-likeness (QED) is 0.907. The van der Waals surface area contributed by atoms with E-state index < -0.39 is 12.5 Å². The number of hydrogen-bond acceptors (Lipinski definition) is 6. The number of ether oxygens (including phenoxy) is 1. The van der Waals surface area contributed by atoms with Crippen LogP contribution >= 0.6 is 0 Å². The van der Waals surface area contributed by atoms with Crippen LogP contribution in [0, 0.1) is 6.92 Å². The van der Waals surface area contributed by atoms with Crippen molar-refractivity contribution in [3.63, 3.8) is 0 Å². The molecule has 1 N–H and O–H groups in total. The van der Waals surface area contributed by atoms with Crippen LogP contribution in [0.5, 0.6) is 5.88 Å². The number of hydrogen-bond donors (Lipinski definition) is 1. The highest BCUT2D eigenvalue weighted by Crippen LogP contribution is 2.22. The zero-order valence-electron chi connectivity index (χ0n) is 12.7. The van der Waals surface area contributed by atoms with Crippen molar-refractivity contribution in [1.82, 2.24) is 15.2 Å². The molecule has 0 radical (unpaired) electrons. The molecule has 0 aliphatic heterocycles. The van der Waals surface area contributed by atoms with Crippen molar-refractivity contribution < 1.29 is 18.3 Å². The third-order valence-corrected chi connectivity index (χ3v) is 2.78. The average molecular weight is 323 g/mol. The first-order valence-corrected chi connectivity index (χ1v) is 6.60. The second-order valence-corrected chi connectivity index (χ2v) is 4.84. The van der Waals surface area contributed by atoms with E-state index in [2.05, 4.69) is 25.2 Å². The topological polar surface area (TPSA) is 80.2 Å². The first-order valence-electron chi connectivity index (χ1n) is 6.60. The van der Waals surface area contributed by atoms with E-state index >= 15 is 0 Å². The van der Waals surface area contributed by atoms with Crippen LogP contribution in [0.2, 0.25) is 0 Å². The number of nitrogens with zero attached hydrogens (tertiary/aromatic N) is 4. The predicted molar refractivity (Wildman–Crippen MR) is 79.9 cm³/mol. The Balaban J connectivity index is 2.17. The molecule has 2 heterocycles. The lowest BCUT2D eigenvalue weighted by Crippen LogP contribution is -2.19. The lowest BCUT2D eigenvalue weighted by Gasteiger charge is -2.16. The summed E-state index contributed by atoms with van der Waals surface area (Å²) in [6, 6.07) is 4.22. The fraction of sp³-hybridized carbons (Fsp3) is 0.286. The molecule has 0 bridgehead atoms. The van der Waals surface area contributed by atoms with Crippen LogP contribution in [-0.2, 0) is 0 Å². The summed E-state index contributed by atoms with van der Waals surface area (Å²) in [4.78, 5) is 17.6. The fourth-order valence-electron chi connectivity index (χ4n) is 1.77. The van der Waals surface area contributed by atoms with Crippen LogP contribution in [0.25, 0.3) is 0 Å². The highest BCUT2D eigenvalue weighted by atomic mass is 19.3. The van der Waals surface area contributed by atoms with Crippen LogP contribution in [0.4, 0.5) is 20.3 Å². The number of carbonyl (C=O) groups excluding carboxylic acids is 1. The number of alkyl halides is 2. The number of halogens is 2. The van der Waals surface area contributed by atoms with Crippen LogP contribution in [0.15, 0.2) is 24.4 Å². The van der Waals surface area contributed by atoms with E-state index in [1.54, 1.807) is 32.0 Å². The summed E-state index contributed by atoms with van der Waals surface area (Å²) in [5.41, 5.74) is 1.33. The number of amides is 1. The molecule has 122 valence electrons. The minimum absolute atomic E-state index is 0.200.